The summed E-state index contributed by atoms with van der Waals surface area (Å²) in [6.45, 7) is 0. The zero-order valence-corrected chi connectivity index (χ0v) is 10.8. The average molecular weight is 277 g/mol. The molecule has 0 unspecified atom stereocenters. The molecule has 1 fully saturated rings. The van der Waals surface area contributed by atoms with Gasteiger partial charge in [-0.05, 0) is 37.5 Å². The second kappa shape index (κ2) is 4.27. The van der Waals surface area contributed by atoms with Crippen LogP contribution in [0, 0.1) is 14.9 Å². The van der Waals surface area contributed by atoms with Crippen molar-refractivity contribution in [3.05, 3.63) is 43.4 Å². The van der Waals surface area contributed by atoms with E-state index in [9.17, 15) is 14.9 Å². The van der Waals surface area contributed by atoms with Crippen LogP contribution in [0.3, 0.4) is 0 Å². The van der Waals surface area contributed by atoms with Crippen LogP contribution < -0.4 is 5.56 Å². The van der Waals surface area contributed by atoms with Crippen molar-refractivity contribution < 1.29 is 4.92 Å². The van der Waals surface area contributed by atoms with Gasteiger partial charge in [-0.1, -0.05) is 0 Å². The monoisotopic (exact) mass is 277 g/mol. The molecule has 1 aromatic heterocycles. The van der Waals surface area contributed by atoms with Crippen molar-refractivity contribution in [1.82, 2.24) is 9.55 Å². The maximum atomic E-state index is 12.4. The number of fused-ring (bicyclic) bond motifs is 1. The van der Waals surface area contributed by atoms with Crippen LogP contribution in [0.1, 0.15) is 25.3 Å². The van der Waals surface area contributed by atoms with Crippen LogP contribution in [0.25, 0.3) is 10.9 Å². The lowest BCUT2D eigenvalue weighted by atomic mass is 9.93. The molecule has 0 saturated heterocycles. The largest absolute Gasteiger partial charge is 0.332 e. The molecule has 0 bridgehead atoms. The molecule has 3 rings (SSSR count). The number of H-pyrrole nitrogens is 1. The zero-order chi connectivity index (χ0) is 13.6. The quantitative estimate of drug-likeness (QED) is 0.520. The number of hydrogen-bond acceptors (Lipinski definition) is 4. The van der Waals surface area contributed by atoms with Crippen LogP contribution in [0.15, 0.2) is 23.0 Å². The van der Waals surface area contributed by atoms with Crippen molar-refractivity contribution in [3.8, 4) is 0 Å². The fourth-order valence-corrected chi connectivity index (χ4v) is 2.65. The summed E-state index contributed by atoms with van der Waals surface area (Å²) in [5, 5.41) is 11.1. The third-order valence-electron chi connectivity index (χ3n) is 3.56. The van der Waals surface area contributed by atoms with E-state index in [0.717, 1.165) is 19.3 Å². The molecule has 2 aromatic rings. The molecule has 98 valence electrons. The molecule has 1 aromatic carbocycles. The van der Waals surface area contributed by atoms with Gasteiger partial charge >= 0.3 is 0 Å². The van der Waals surface area contributed by atoms with Crippen molar-refractivity contribution >= 4 is 28.8 Å². The first-order valence-electron chi connectivity index (χ1n) is 6.01. The molecule has 0 aliphatic heterocycles. The molecular formula is C12H11N3O3S. The Morgan fingerprint density at radius 2 is 2.16 bits per heavy atom. The Labute approximate surface area is 112 Å². The maximum Gasteiger partial charge on any atom is 0.270 e. The van der Waals surface area contributed by atoms with Gasteiger partial charge in [0, 0.05) is 18.2 Å². The fourth-order valence-electron chi connectivity index (χ4n) is 2.31. The lowest BCUT2D eigenvalue weighted by molar-refractivity contribution is -0.384. The minimum absolute atomic E-state index is 0.0877. The summed E-state index contributed by atoms with van der Waals surface area (Å²) >= 11 is 5.20. The number of benzene rings is 1. The van der Waals surface area contributed by atoms with E-state index in [2.05, 4.69) is 4.98 Å². The van der Waals surface area contributed by atoms with E-state index in [0.29, 0.717) is 15.7 Å². The number of nitro benzene ring substituents is 1. The molecule has 0 atom stereocenters. The Balaban J connectivity index is 2.31. The van der Waals surface area contributed by atoms with Gasteiger partial charge in [-0.2, -0.15) is 0 Å². The van der Waals surface area contributed by atoms with Crippen molar-refractivity contribution in [2.24, 2.45) is 0 Å². The summed E-state index contributed by atoms with van der Waals surface area (Å²) in [6, 6.07) is 4.31. The summed E-state index contributed by atoms with van der Waals surface area (Å²) in [5.41, 5.74) is 0.207. The van der Waals surface area contributed by atoms with Gasteiger partial charge in [-0.25, -0.2) is 0 Å². The normalized spacial score (nSPS) is 15.4. The zero-order valence-electron chi connectivity index (χ0n) is 9.96. The van der Waals surface area contributed by atoms with Crippen molar-refractivity contribution in [1.29, 1.82) is 0 Å². The van der Waals surface area contributed by atoms with Gasteiger partial charge in [0.2, 0.25) is 0 Å². The van der Waals surface area contributed by atoms with Gasteiger partial charge in [0.15, 0.2) is 4.77 Å². The maximum absolute atomic E-state index is 12.4. The molecule has 6 nitrogen and oxygen atoms in total. The molecule has 0 amide bonds. The molecule has 0 spiro atoms. The minimum Gasteiger partial charge on any atom is -0.332 e. The van der Waals surface area contributed by atoms with Crippen LogP contribution in [-0.2, 0) is 0 Å². The SMILES string of the molecule is O=c1c2cc([N+](=O)[O-])ccc2[nH]c(=S)n1C1CCC1. The van der Waals surface area contributed by atoms with Crippen molar-refractivity contribution in [2.75, 3.05) is 0 Å². The summed E-state index contributed by atoms with van der Waals surface area (Å²) in [6.07, 6.45) is 2.94. The summed E-state index contributed by atoms with van der Waals surface area (Å²) in [7, 11) is 0. The van der Waals surface area contributed by atoms with E-state index >= 15 is 0 Å². The highest BCUT2D eigenvalue weighted by molar-refractivity contribution is 7.71. The predicted molar refractivity (Wildman–Crippen MR) is 72.9 cm³/mol. The van der Waals surface area contributed by atoms with Crippen LogP contribution in [0.2, 0.25) is 0 Å². The molecule has 0 radical (unpaired) electrons. The van der Waals surface area contributed by atoms with E-state index < -0.39 is 4.92 Å². The third kappa shape index (κ3) is 1.86. The molecule has 7 heteroatoms. The molecule has 1 heterocycles. The van der Waals surface area contributed by atoms with Crippen LogP contribution in [-0.4, -0.2) is 14.5 Å². The van der Waals surface area contributed by atoms with E-state index in [4.69, 9.17) is 12.2 Å². The summed E-state index contributed by atoms with van der Waals surface area (Å²) in [5.74, 6) is 0. The average Bonchev–Trinajstić information content (AvgIpc) is 2.31. The molecule has 1 N–H and O–H groups in total. The van der Waals surface area contributed by atoms with Gasteiger partial charge in [0.1, 0.15) is 0 Å². The number of rotatable bonds is 2. The topological polar surface area (TPSA) is 80.9 Å². The number of aromatic nitrogens is 2. The number of non-ortho nitro benzene ring substituents is 1. The lowest BCUT2D eigenvalue weighted by Crippen LogP contribution is -2.30. The van der Waals surface area contributed by atoms with Crippen LogP contribution in [0.5, 0.6) is 0 Å². The number of aromatic amines is 1. The Hall–Kier alpha value is -2.02. The highest BCUT2D eigenvalue weighted by atomic mass is 32.1. The molecule has 19 heavy (non-hydrogen) atoms. The first-order valence-corrected chi connectivity index (χ1v) is 6.42. The molecule has 1 aliphatic rings. The van der Waals surface area contributed by atoms with Gasteiger partial charge < -0.3 is 4.98 Å². The first kappa shape index (κ1) is 12.0. The van der Waals surface area contributed by atoms with E-state index in [1.807, 2.05) is 0 Å². The number of nitro groups is 1. The van der Waals surface area contributed by atoms with Crippen molar-refractivity contribution in [2.45, 2.75) is 25.3 Å². The minimum atomic E-state index is -0.506. The summed E-state index contributed by atoms with van der Waals surface area (Å²) in [4.78, 5) is 25.7. The van der Waals surface area contributed by atoms with Crippen molar-refractivity contribution in [3.63, 3.8) is 0 Å². The predicted octanol–water partition coefficient (Wildman–Crippen LogP) is 2.69. The standard InChI is InChI=1S/C12H11N3O3S/c16-11-9-6-8(15(17)18)4-5-10(9)13-12(19)14(11)7-2-1-3-7/h4-7H,1-3H2,(H,13,19). The summed E-state index contributed by atoms with van der Waals surface area (Å²) < 4.78 is 1.93. The number of nitrogens with zero attached hydrogens (tertiary/aromatic N) is 2. The van der Waals surface area contributed by atoms with Crippen LogP contribution in [0.4, 0.5) is 5.69 Å². The third-order valence-corrected chi connectivity index (χ3v) is 3.86. The fraction of sp³-hybridized carbons (Fsp3) is 0.333. The Bertz CT molecular complexity index is 789. The highest BCUT2D eigenvalue weighted by Crippen LogP contribution is 2.30. The number of nitrogens with one attached hydrogen (secondary N) is 1. The number of hydrogen-bond donors (Lipinski definition) is 1. The Kier molecular flexibility index (Phi) is 2.70. The van der Waals surface area contributed by atoms with E-state index in [1.165, 1.54) is 18.2 Å². The Morgan fingerprint density at radius 1 is 1.42 bits per heavy atom. The van der Waals surface area contributed by atoms with Gasteiger partial charge in [0.05, 0.1) is 15.8 Å². The molecular weight excluding hydrogens is 266 g/mol. The second-order valence-electron chi connectivity index (χ2n) is 4.68. The molecule has 1 saturated carbocycles. The first-order chi connectivity index (χ1) is 9.08. The van der Waals surface area contributed by atoms with Gasteiger partial charge in [0.25, 0.3) is 11.2 Å². The van der Waals surface area contributed by atoms with E-state index in [1.54, 1.807) is 4.57 Å². The lowest BCUT2D eigenvalue weighted by Gasteiger charge is -2.27. The second-order valence-corrected chi connectivity index (χ2v) is 5.06. The smallest absolute Gasteiger partial charge is 0.270 e. The van der Waals surface area contributed by atoms with Crippen LogP contribution >= 0.6 is 12.2 Å². The van der Waals surface area contributed by atoms with Gasteiger partial charge in [-0.15, -0.1) is 0 Å². The van der Waals surface area contributed by atoms with Gasteiger partial charge in [-0.3, -0.25) is 19.5 Å². The Morgan fingerprint density at radius 3 is 2.74 bits per heavy atom. The molecule has 1 aliphatic carbocycles. The highest BCUT2D eigenvalue weighted by Gasteiger charge is 2.23. The van der Waals surface area contributed by atoms with E-state index in [-0.39, 0.29) is 17.3 Å².